The number of benzene rings is 2. The van der Waals surface area contributed by atoms with Crippen LogP contribution in [0.2, 0.25) is 0 Å². The van der Waals surface area contributed by atoms with E-state index >= 15 is 0 Å². The molecule has 0 bridgehead atoms. The summed E-state index contributed by atoms with van der Waals surface area (Å²) in [4.78, 5) is 15.2. The number of allylic oxidation sites excluding steroid dienone is 4. The van der Waals surface area contributed by atoms with Gasteiger partial charge in [-0.1, -0.05) is 59.7 Å². The highest BCUT2D eigenvalue weighted by Gasteiger charge is 2.20. The van der Waals surface area contributed by atoms with Gasteiger partial charge in [0, 0.05) is 16.2 Å². The maximum Gasteiger partial charge on any atom is 0.156 e. The van der Waals surface area contributed by atoms with E-state index in [1.807, 2.05) is 36.4 Å². The molecule has 0 aromatic heterocycles. The van der Waals surface area contributed by atoms with Gasteiger partial charge in [0.2, 0.25) is 0 Å². The van der Waals surface area contributed by atoms with Crippen molar-refractivity contribution in [3.63, 3.8) is 0 Å². The predicted octanol–water partition coefficient (Wildman–Crippen LogP) is 7.94. The number of carbonyl (C=O) groups is 1. The lowest BCUT2D eigenvalue weighted by Gasteiger charge is -2.15. The Morgan fingerprint density at radius 3 is 1.79 bits per heavy atom. The van der Waals surface area contributed by atoms with Gasteiger partial charge in [0.15, 0.2) is 5.78 Å². The number of ketones is 1. The average Bonchev–Trinajstić information content (AvgIpc) is 2.68. The normalized spacial score (nSPS) is 11.5. The summed E-state index contributed by atoms with van der Waals surface area (Å²) in [5, 5.41) is 0. The molecule has 148 valence electrons. The van der Waals surface area contributed by atoms with Crippen LogP contribution in [-0.4, -0.2) is 10.4 Å². The van der Waals surface area contributed by atoms with Gasteiger partial charge in [-0.05, 0) is 64.3 Å². The van der Waals surface area contributed by atoms with E-state index in [4.69, 9.17) is 0 Å². The van der Waals surface area contributed by atoms with Crippen LogP contribution in [0.5, 0.6) is 0 Å². The minimum Gasteiger partial charge on any atom is -0.297 e. The van der Waals surface area contributed by atoms with E-state index < -0.39 is 0 Å². The molecule has 2 aromatic rings. The van der Waals surface area contributed by atoms with E-state index in [1.54, 1.807) is 23.5 Å². The topological polar surface area (TPSA) is 17.1 Å². The molecule has 0 aliphatic carbocycles. The standard InChI is InChI=1S/C25H30OS2/c1-20(2)12-10-13-21(3)14-11-19-24(26)25(27-22-15-6-4-7-16-22)28-23-17-8-5-9-18-23/h4-9,12,14-18,25H,10-11,13,19H2,1-3H3/b21-14-. The minimum absolute atomic E-state index is 0.121. The Balaban J connectivity index is 1.95. The Morgan fingerprint density at radius 1 is 0.786 bits per heavy atom. The molecule has 0 fully saturated rings. The first-order chi connectivity index (χ1) is 13.5. The van der Waals surface area contributed by atoms with Gasteiger partial charge in [-0.2, -0.15) is 0 Å². The molecule has 0 saturated carbocycles. The number of hydrogen-bond donors (Lipinski definition) is 0. The molecule has 3 heteroatoms. The van der Waals surface area contributed by atoms with Crippen molar-refractivity contribution in [3.8, 4) is 0 Å². The zero-order valence-corrected chi connectivity index (χ0v) is 18.7. The van der Waals surface area contributed by atoms with Gasteiger partial charge in [0.05, 0.1) is 0 Å². The Morgan fingerprint density at radius 2 is 1.29 bits per heavy atom. The summed E-state index contributed by atoms with van der Waals surface area (Å²) in [5.41, 5.74) is 2.73. The van der Waals surface area contributed by atoms with E-state index in [0.717, 1.165) is 29.1 Å². The molecular weight excluding hydrogens is 380 g/mol. The van der Waals surface area contributed by atoms with Crippen molar-refractivity contribution in [2.24, 2.45) is 0 Å². The lowest BCUT2D eigenvalue weighted by molar-refractivity contribution is -0.117. The first-order valence-corrected chi connectivity index (χ1v) is 11.6. The molecule has 0 N–H and O–H groups in total. The number of rotatable bonds is 11. The lowest BCUT2D eigenvalue weighted by Crippen LogP contribution is -2.13. The van der Waals surface area contributed by atoms with Crippen LogP contribution in [0.1, 0.15) is 46.5 Å². The van der Waals surface area contributed by atoms with E-state index in [-0.39, 0.29) is 4.58 Å². The van der Waals surface area contributed by atoms with Crippen molar-refractivity contribution in [1.82, 2.24) is 0 Å². The summed E-state index contributed by atoms with van der Waals surface area (Å²) in [7, 11) is 0. The Labute approximate surface area is 178 Å². The molecule has 0 aliphatic heterocycles. The summed E-state index contributed by atoms with van der Waals surface area (Å²) in [6, 6.07) is 20.4. The van der Waals surface area contributed by atoms with Crippen LogP contribution in [-0.2, 0) is 4.79 Å². The fourth-order valence-electron chi connectivity index (χ4n) is 2.67. The monoisotopic (exact) mass is 410 g/mol. The SMILES string of the molecule is CC(C)=CCC/C(C)=C\CCC(=O)C(Sc1ccccc1)Sc1ccccc1. The smallest absolute Gasteiger partial charge is 0.156 e. The van der Waals surface area contributed by atoms with Gasteiger partial charge in [0.1, 0.15) is 4.58 Å². The summed E-state index contributed by atoms with van der Waals surface area (Å²) in [5.74, 6) is 0.302. The van der Waals surface area contributed by atoms with Crippen LogP contribution < -0.4 is 0 Å². The third kappa shape index (κ3) is 8.99. The predicted molar refractivity (Wildman–Crippen MR) is 125 cm³/mol. The lowest BCUT2D eigenvalue weighted by atomic mass is 10.1. The quantitative estimate of drug-likeness (QED) is 0.213. The number of carbonyl (C=O) groups excluding carboxylic acids is 1. The molecule has 0 spiro atoms. The highest BCUT2D eigenvalue weighted by atomic mass is 32.2. The molecule has 0 unspecified atom stereocenters. The molecule has 2 aromatic carbocycles. The molecule has 0 radical (unpaired) electrons. The summed E-state index contributed by atoms with van der Waals surface area (Å²) in [6.07, 6.45) is 8.06. The fourth-order valence-corrected chi connectivity index (χ4v) is 5.15. The molecule has 0 aliphatic rings. The molecule has 2 rings (SSSR count). The maximum absolute atomic E-state index is 13.0. The second-order valence-corrected chi connectivity index (χ2v) is 9.72. The van der Waals surface area contributed by atoms with E-state index in [2.05, 4.69) is 57.2 Å². The van der Waals surface area contributed by atoms with E-state index in [0.29, 0.717) is 12.2 Å². The zero-order valence-electron chi connectivity index (χ0n) is 17.1. The first kappa shape index (κ1) is 22.6. The van der Waals surface area contributed by atoms with Crippen LogP contribution in [0.4, 0.5) is 0 Å². The number of hydrogen-bond acceptors (Lipinski definition) is 3. The van der Waals surface area contributed by atoms with Gasteiger partial charge >= 0.3 is 0 Å². The van der Waals surface area contributed by atoms with Crippen LogP contribution in [0, 0.1) is 0 Å². The highest BCUT2D eigenvalue weighted by molar-refractivity contribution is 8.18. The molecule has 1 nitrogen and oxygen atoms in total. The fraction of sp³-hybridized carbons (Fsp3) is 0.320. The summed E-state index contributed by atoms with van der Waals surface area (Å²) < 4.78 is -0.121. The Hall–Kier alpha value is -1.71. The van der Waals surface area contributed by atoms with Crippen LogP contribution in [0.3, 0.4) is 0 Å². The number of thioether (sulfide) groups is 2. The zero-order chi connectivity index (χ0) is 20.2. The largest absolute Gasteiger partial charge is 0.297 e. The molecule has 0 amide bonds. The van der Waals surface area contributed by atoms with Gasteiger partial charge < -0.3 is 0 Å². The molecule has 28 heavy (non-hydrogen) atoms. The summed E-state index contributed by atoms with van der Waals surface area (Å²) >= 11 is 3.31. The summed E-state index contributed by atoms with van der Waals surface area (Å²) in [6.45, 7) is 6.43. The minimum atomic E-state index is -0.121. The van der Waals surface area contributed by atoms with Gasteiger partial charge in [-0.3, -0.25) is 4.79 Å². The Kier molecular flexibility index (Phi) is 10.2. The van der Waals surface area contributed by atoms with Crippen molar-refractivity contribution >= 4 is 29.3 Å². The van der Waals surface area contributed by atoms with Crippen molar-refractivity contribution in [2.75, 3.05) is 0 Å². The van der Waals surface area contributed by atoms with Crippen molar-refractivity contribution in [2.45, 2.75) is 60.8 Å². The van der Waals surface area contributed by atoms with Crippen LogP contribution in [0.25, 0.3) is 0 Å². The molecular formula is C25H30OS2. The van der Waals surface area contributed by atoms with Gasteiger partial charge in [-0.25, -0.2) is 0 Å². The van der Waals surface area contributed by atoms with Crippen LogP contribution >= 0.6 is 23.5 Å². The van der Waals surface area contributed by atoms with Crippen molar-refractivity contribution in [1.29, 1.82) is 0 Å². The van der Waals surface area contributed by atoms with Crippen molar-refractivity contribution in [3.05, 3.63) is 84.0 Å². The number of Topliss-reactive ketones (excluding diaryl/α,β-unsaturated/α-hetero) is 1. The van der Waals surface area contributed by atoms with Gasteiger partial charge in [0.25, 0.3) is 0 Å². The van der Waals surface area contributed by atoms with Crippen LogP contribution in [0.15, 0.2) is 93.8 Å². The highest BCUT2D eigenvalue weighted by Crippen LogP contribution is 2.36. The molecule has 0 atom stereocenters. The first-order valence-electron chi connectivity index (χ1n) is 9.79. The average molecular weight is 411 g/mol. The van der Waals surface area contributed by atoms with E-state index in [9.17, 15) is 4.79 Å². The molecule has 0 heterocycles. The Bertz CT molecular complexity index is 733. The van der Waals surface area contributed by atoms with Gasteiger partial charge in [-0.15, -0.1) is 23.5 Å². The third-order valence-corrected chi connectivity index (χ3v) is 6.83. The maximum atomic E-state index is 13.0. The third-order valence-electron chi connectivity index (χ3n) is 4.21. The van der Waals surface area contributed by atoms with E-state index in [1.165, 1.54) is 11.1 Å². The molecule has 0 saturated heterocycles. The second kappa shape index (κ2) is 12.7. The second-order valence-electron chi connectivity index (χ2n) is 7.07. The van der Waals surface area contributed by atoms with Crippen molar-refractivity contribution < 1.29 is 4.79 Å².